The third-order valence-electron chi connectivity index (χ3n) is 2.21. The van der Waals surface area contributed by atoms with Crippen LogP contribution in [0.15, 0.2) is 30.3 Å². The van der Waals surface area contributed by atoms with Gasteiger partial charge in [-0.25, -0.2) is 9.18 Å². The third-order valence-corrected chi connectivity index (χ3v) is 2.21. The molecule has 0 aliphatic carbocycles. The number of benzene rings is 1. The molecule has 0 aliphatic rings. The van der Waals surface area contributed by atoms with Crippen LogP contribution in [0.25, 0.3) is 11.3 Å². The summed E-state index contributed by atoms with van der Waals surface area (Å²) in [6.07, 6.45) is 0. The normalized spacial score (nSPS) is 10.3. The number of carboxylic acids is 1. The molecule has 5 heteroatoms. The predicted octanol–water partition coefficient (Wildman–Crippen LogP) is 2.24. The van der Waals surface area contributed by atoms with Gasteiger partial charge in [-0.2, -0.15) is 5.10 Å². The van der Waals surface area contributed by atoms with Crippen molar-refractivity contribution in [1.29, 1.82) is 0 Å². The van der Waals surface area contributed by atoms with Crippen molar-refractivity contribution >= 4 is 5.97 Å². The fourth-order valence-corrected chi connectivity index (χ4v) is 1.34. The molecule has 2 N–H and O–H groups in total. The van der Waals surface area contributed by atoms with Crippen molar-refractivity contribution in [3.63, 3.8) is 0 Å². The van der Waals surface area contributed by atoms with E-state index in [1.165, 1.54) is 6.07 Å². The molecule has 0 saturated carbocycles. The predicted molar refractivity (Wildman–Crippen MR) is 55.8 cm³/mol. The molecule has 0 saturated heterocycles. The Hall–Kier alpha value is -2.17. The number of alkyl halides is 1. The van der Waals surface area contributed by atoms with Crippen LogP contribution in [0, 0.1) is 0 Å². The van der Waals surface area contributed by atoms with E-state index < -0.39 is 12.6 Å². The molecule has 0 aliphatic heterocycles. The summed E-state index contributed by atoms with van der Waals surface area (Å²) in [6.45, 7) is -0.513. The highest BCUT2D eigenvalue weighted by atomic mass is 19.1. The van der Waals surface area contributed by atoms with E-state index >= 15 is 0 Å². The molecule has 1 aromatic carbocycles. The van der Waals surface area contributed by atoms with E-state index in [1.54, 1.807) is 24.3 Å². The summed E-state index contributed by atoms with van der Waals surface area (Å²) in [4.78, 5) is 10.6. The lowest BCUT2D eigenvalue weighted by atomic mass is 10.1. The molecule has 2 rings (SSSR count). The second-order valence-electron chi connectivity index (χ2n) is 3.30. The number of halogens is 1. The van der Waals surface area contributed by atoms with E-state index in [1.807, 2.05) is 0 Å². The van der Waals surface area contributed by atoms with Gasteiger partial charge in [0.1, 0.15) is 12.4 Å². The number of aromatic amines is 1. The molecule has 0 fully saturated rings. The van der Waals surface area contributed by atoms with Crippen LogP contribution >= 0.6 is 0 Å². The zero-order chi connectivity index (χ0) is 11.5. The number of rotatable bonds is 3. The summed E-state index contributed by atoms with van der Waals surface area (Å²) >= 11 is 0. The molecular formula is C11H9FN2O2. The number of carbonyl (C=O) groups is 1. The van der Waals surface area contributed by atoms with Gasteiger partial charge < -0.3 is 5.11 Å². The topological polar surface area (TPSA) is 66.0 Å². The fraction of sp³-hybridized carbons (Fsp3) is 0.0909. The van der Waals surface area contributed by atoms with Crippen molar-refractivity contribution < 1.29 is 14.3 Å². The lowest BCUT2D eigenvalue weighted by Crippen LogP contribution is -1.95. The second kappa shape index (κ2) is 4.14. The van der Waals surface area contributed by atoms with Crippen LogP contribution in [-0.2, 0) is 6.67 Å². The average molecular weight is 220 g/mol. The molecule has 0 amide bonds. The van der Waals surface area contributed by atoms with Gasteiger partial charge in [-0.1, -0.05) is 24.3 Å². The molecule has 0 bridgehead atoms. The highest BCUT2D eigenvalue weighted by Gasteiger charge is 2.08. The highest BCUT2D eigenvalue weighted by molar-refractivity contribution is 5.86. The van der Waals surface area contributed by atoms with Crippen LogP contribution in [0.4, 0.5) is 4.39 Å². The van der Waals surface area contributed by atoms with Crippen LogP contribution in [0.1, 0.15) is 16.1 Å². The third kappa shape index (κ3) is 1.93. The summed E-state index contributed by atoms with van der Waals surface area (Å²) in [6, 6.07) is 8.13. The van der Waals surface area contributed by atoms with E-state index in [4.69, 9.17) is 5.11 Å². The van der Waals surface area contributed by atoms with Gasteiger partial charge >= 0.3 is 5.97 Å². The van der Waals surface area contributed by atoms with E-state index in [9.17, 15) is 9.18 Å². The number of hydrogen-bond donors (Lipinski definition) is 2. The highest BCUT2D eigenvalue weighted by Crippen LogP contribution is 2.18. The van der Waals surface area contributed by atoms with Crippen LogP contribution in [-0.4, -0.2) is 21.3 Å². The Bertz CT molecular complexity index is 505. The van der Waals surface area contributed by atoms with Crippen LogP contribution in [0.3, 0.4) is 0 Å². The molecule has 2 aromatic rings. The zero-order valence-corrected chi connectivity index (χ0v) is 8.27. The number of hydrogen-bond acceptors (Lipinski definition) is 2. The maximum atomic E-state index is 12.3. The first-order valence-electron chi connectivity index (χ1n) is 4.64. The number of nitrogens with one attached hydrogen (secondary N) is 1. The Morgan fingerprint density at radius 2 is 2.06 bits per heavy atom. The minimum atomic E-state index is -1.06. The van der Waals surface area contributed by atoms with Gasteiger partial charge in [-0.05, 0) is 11.6 Å². The van der Waals surface area contributed by atoms with Crippen LogP contribution < -0.4 is 0 Å². The Kier molecular flexibility index (Phi) is 2.68. The molecule has 0 radical (unpaired) electrons. The summed E-state index contributed by atoms with van der Waals surface area (Å²) < 4.78 is 12.3. The quantitative estimate of drug-likeness (QED) is 0.833. The maximum absolute atomic E-state index is 12.3. The van der Waals surface area contributed by atoms with Crippen molar-refractivity contribution in [2.45, 2.75) is 6.67 Å². The number of aromatic nitrogens is 2. The van der Waals surface area contributed by atoms with E-state index in [-0.39, 0.29) is 5.69 Å². The minimum Gasteiger partial charge on any atom is -0.477 e. The van der Waals surface area contributed by atoms with Gasteiger partial charge in [0.15, 0.2) is 0 Å². The molecule has 0 atom stereocenters. The standard InChI is InChI=1S/C11H9FN2O2/c12-6-7-1-3-8(4-2-7)9-5-10(11(15)16)14-13-9/h1-5H,6H2,(H,13,14)(H,15,16). The maximum Gasteiger partial charge on any atom is 0.353 e. The smallest absolute Gasteiger partial charge is 0.353 e. The minimum absolute atomic E-state index is 0.0320. The lowest BCUT2D eigenvalue weighted by molar-refractivity contribution is 0.0690. The zero-order valence-electron chi connectivity index (χ0n) is 8.27. The Labute approximate surface area is 90.7 Å². The Morgan fingerprint density at radius 1 is 1.38 bits per heavy atom. The van der Waals surface area contributed by atoms with Gasteiger partial charge in [0, 0.05) is 5.56 Å². The van der Waals surface area contributed by atoms with Gasteiger partial charge in [0.05, 0.1) is 5.69 Å². The average Bonchev–Trinajstić information content (AvgIpc) is 2.78. The number of aromatic carboxylic acids is 1. The molecular weight excluding hydrogens is 211 g/mol. The van der Waals surface area contributed by atoms with Crippen molar-refractivity contribution in [3.05, 3.63) is 41.6 Å². The van der Waals surface area contributed by atoms with Crippen LogP contribution in [0.5, 0.6) is 0 Å². The summed E-state index contributed by atoms with van der Waals surface area (Å²) in [7, 11) is 0. The van der Waals surface area contributed by atoms with Crippen molar-refractivity contribution in [2.24, 2.45) is 0 Å². The van der Waals surface area contributed by atoms with E-state index in [0.717, 1.165) is 5.56 Å². The monoisotopic (exact) mass is 220 g/mol. The number of nitrogens with zero attached hydrogens (tertiary/aromatic N) is 1. The first-order valence-corrected chi connectivity index (χ1v) is 4.64. The van der Waals surface area contributed by atoms with Crippen molar-refractivity contribution in [2.75, 3.05) is 0 Å². The second-order valence-corrected chi connectivity index (χ2v) is 3.30. The summed E-state index contributed by atoms with van der Waals surface area (Å²) in [5.41, 5.74) is 1.89. The Balaban J connectivity index is 2.31. The summed E-state index contributed by atoms with van der Waals surface area (Å²) in [5, 5.41) is 15.0. The molecule has 0 spiro atoms. The number of H-pyrrole nitrogens is 1. The molecule has 16 heavy (non-hydrogen) atoms. The van der Waals surface area contributed by atoms with Crippen molar-refractivity contribution in [3.8, 4) is 11.3 Å². The van der Waals surface area contributed by atoms with Gasteiger partial charge in [-0.3, -0.25) is 5.10 Å². The SMILES string of the molecule is O=C(O)c1cc(-c2ccc(CF)cc2)n[nH]1. The molecule has 1 aromatic heterocycles. The molecule has 4 nitrogen and oxygen atoms in total. The van der Waals surface area contributed by atoms with E-state index in [2.05, 4.69) is 10.2 Å². The van der Waals surface area contributed by atoms with Gasteiger partial charge in [0.2, 0.25) is 0 Å². The largest absolute Gasteiger partial charge is 0.477 e. The van der Waals surface area contributed by atoms with Crippen molar-refractivity contribution in [1.82, 2.24) is 10.2 Å². The molecule has 0 unspecified atom stereocenters. The first-order chi connectivity index (χ1) is 7.70. The summed E-state index contributed by atoms with van der Waals surface area (Å²) in [5.74, 6) is -1.06. The lowest BCUT2D eigenvalue weighted by Gasteiger charge is -1.97. The number of carboxylic acid groups (broad SMARTS) is 1. The van der Waals surface area contributed by atoms with Crippen LogP contribution in [0.2, 0.25) is 0 Å². The molecule has 1 heterocycles. The van der Waals surface area contributed by atoms with E-state index in [0.29, 0.717) is 11.3 Å². The fourth-order valence-electron chi connectivity index (χ4n) is 1.34. The Morgan fingerprint density at radius 3 is 2.56 bits per heavy atom. The van der Waals surface area contributed by atoms with Gasteiger partial charge in [-0.15, -0.1) is 0 Å². The first kappa shape index (κ1) is 10.4. The molecule has 82 valence electrons. The van der Waals surface area contributed by atoms with Gasteiger partial charge in [0.25, 0.3) is 0 Å².